The molecule has 4 rings (SSSR count). The molecule has 1 aliphatic heterocycles. The SMILES string of the molecule is CON=C(C(=O)OC)c1ccccc1CSC12C(=O)N(c3ccc(OCC(F)(F)F)nc3)C(=O)C1C2(C)CSC. The van der Waals surface area contributed by atoms with Gasteiger partial charge in [-0.05, 0) is 17.9 Å². The Kier molecular flexibility index (Phi) is 8.41. The molecule has 1 aromatic heterocycles. The van der Waals surface area contributed by atoms with E-state index in [-0.39, 0.29) is 23.0 Å². The number of halogens is 3. The highest BCUT2D eigenvalue weighted by Gasteiger charge is 2.86. The number of hydrogen-bond donors (Lipinski definition) is 0. The van der Waals surface area contributed by atoms with E-state index in [0.29, 0.717) is 16.9 Å². The minimum absolute atomic E-state index is 0.0349. The number of alkyl halides is 3. The molecule has 1 aromatic carbocycles. The number of benzene rings is 1. The van der Waals surface area contributed by atoms with E-state index in [1.165, 1.54) is 49.9 Å². The second-order valence-electron chi connectivity index (χ2n) is 9.32. The molecule has 0 bridgehead atoms. The van der Waals surface area contributed by atoms with Gasteiger partial charge in [-0.25, -0.2) is 14.7 Å². The van der Waals surface area contributed by atoms with Crippen LogP contribution in [0.3, 0.4) is 0 Å². The highest BCUT2D eigenvalue weighted by Crippen LogP contribution is 2.74. The van der Waals surface area contributed by atoms with Crippen LogP contribution in [0.4, 0.5) is 18.9 Å². The van der Waals surface area contributed by atoms with Crippen molar-refractivity contribution in [3.8, 4) is 5.88 Å². The van der Waals surface area contributed by atoms with E-state index >= 15 is 0 Å². The van der Waals surface area contributed by atoms with Crippen LogP contribution in [0, 0.1) is 11.3 Å². The summed E-state index contributed by atoms with van der Waals surface area (Å²) in [5.74, 6) is -1.59. The number of hydrogen-bond acceptors (Lipinski definition) is 10. The Morgan fingerprint density at radius 3 is 2.50 bits per heavy atom. The van der Waals surface area contributed by atoms with Crippen LogP contribution in [0.15, 0.2) is 47.8 Å². The molecule has 2 amide bonds. The van der Waals surface area contributed by atoms with E-state index < -0.39 is 46.6 Å². The molecular formula is C26H26F3N3O6S2. The molecule has 0 N–H and O–H groups in total. The van der Waals surface area contributed by atoms with Crippen molar-refractivity contribution in [2.24, 2.45) is 16.5 Å². The summed E-state index contributed by atoms with van der Waals surface area (Å²) in [6.45, 7) is 0.392. The van der Waals surface area contributed by atoms with Crippen molar-refractivity contribution >= 4 is 52.7 Å². The zero-order valence-electron chi connectivity index (χ0n) is 22.0. The average Bonchev–Trinajstić information content (AvgIpc) is 3.37. The first-order chi connectivity index (χ1) is 18.9. The van der Waals surface area contributed by atoms with Crippen LogP contribution in [0.25, 0.3) is 0 Å². The number of imide groups is 1. The lowest BCUT2D eigenvalue weighted by atomic mass is 10.0. The molecule has 14 heteroatoms. The number of oxime groups is 1. The minimum Gasteiger partial charge on any atom is -0.468 e. The van der Waals surface area contributed by atoms with E-state index in [2.05, 4.69) is 14.9 Å². The van der Waals surface area contributed by atoms with E-state index in [9.17, 15) is 27.6 Å². The fourth-order valence-corrected chi connectivity index (χ4v) is 8.02. The predicted molar refractivity (Wildman–Crippen MR) is 144 cm³/mol. The van der Waals surface area contributed by atoms with Crippen LogP contribution in [-0.4, -0.2) is 72.2 Å². The Morgan fingerprint density at radius 1 is 1.18 bits per heavy atom. The number of esters is 1. The Balaban J connectivity index is 1.62. The van der Waals surface area contributed by atoms with Gasteiger partial charge in [0.15, 0.2) is 12.3 Å². The van der Waals surface area contributed by atoms with Gasteiger partial charge < -0.3 is 14.3 Å². The summed E-state index contributed by atoms with van der Waals surface area (Å²) in [6.07, 6.45) is -1.48. The van der Waals surface area contributed by atoms with Crippen molar-refractivity contribution in [1.29, 1.82) is 0 Å². The minimum atomic E-state index is -4.53. The molecule has 1 saturated heterocycles. The van der Waals surface area contributed by atoms with Crippen molar-refractivity contribution in [3.05, 3.63) is 53.7 Å². The van der Waals surface area contributed by atoms with Gasteiger partial charge in [-0.2, -0.15) is 24.9 Å². The number of fused-ring (bicyclic) bond motifs is 1. The van der Waals surface area contributed by atoms with Crippen molar-refractivity contribution < 1.29 is 41.9 Å². The fourth-order valence-electron chi connectivity index (χ4n) is 5.10. The quantitative estimate of drug-likeness (QED) is 0.164. The summed E-state index contributed by atoms with van der Waals surface area (Å²) in [7, 11) is 2.54. The number of piperidine rings is 1. The lowest BCUT2D eigenvalue weighted by molar-refractivity contribution is -0.154. The summed E-state index contributed by atoms with van der Waals surface area (Å²) in [5, 5.41) is 3.82. The first kappa shape index (κ1) is 29.7. The summed E-state index contributed by atoms with van der Waals surface area (Å²) < 4.78 is 45.8. The first-order valence-corrected chi connectivity index (χ1v) is 14.3. The number of amides is 2. The van der Waals surface area contributed by atoms with E-state index in [1.807, 2.05) is 13.2 Å². The van der Waals surface area contributed by atoms with Gasteiger partial charge in [0.05, 0.1) is 24.9 Å². The second-order valence-corrected chi connectivity index (χ2v) is 11.4. The van der Waals surface area contributed by atoms with E-state index in [4.69, 9.17) is 9.57 Å². The van der Waals surface area contributed by atoms with Crippen LogP contribution in [-0.2, 0) is 29.7 Å². The zero-order valence-corrected chi connectivity index (χ0v) is 23.6. The first-order valence-electron chi connectivity index (χ1n) is 11.9. The number of carbonyl (C=O) groups is 3. The van der Waals surface area contributed by atoms with Gasteiger partial charge >= 0.3 is 12.1 Å². The molecular weight excluding hydrogens is 571 g/mol. The lowest BCUT2D eigenvalue weighted by Gasteiger charge is -2.26. The molecule has 40 heavy (non-hydrogen) atoms. The Morgan fingerprint density at radius 2 is 1.90 bits per heavy atom. The standard InChI is InChI=1S/C26H26F3N3O6S2/c1-24(14-39-4)20-21(33)32(16-9-10-18(30-11-16)38-13-25(27,28)29)23(35)26(20,24)40-12-15-7-5-6-8-17(15)19(31-37-3)22(34)36-2/h5-11,20H,12-14H2,1-4H3. The molecule has 0 spiro atoms. The van der Waals surface area contributed by atoms with Crippen LogP contribution in [0.1, 0.15) is 18.1 Å². The predicted octanol–water partition coefficient (Wildman–Crippen LogP) is 4.09. The smallest absolute Gasteiger partial charge is 0.422 e. The number of methoxy groups -OCH3 is 1. The molecule has 2 heterocycles. The highest BCUT2D eigenvalue weighted by molar-refractivity contribution is 8.01. The fraction of sp³-hybridized carbons (Fsp3) is 0.423. The maximum atomic E-state index is 14.0. The topological polar surface area (TPSA) is 107 Å². The van der Waals surface area contributed by atoms with Crippen molar-refractivity contribution in [1.82, 2.24) is 4.98 Å². The number of pyridine rings is 1. The third-order valence-corrected chi connectivity index (χ3v) is 9.57. The summed E-state index contributed by atoms with van der Waals surface area (Å²) >= 11 is 2.84. The van der Waals surface area contributed by atoms with Gasteiger partial charge in [-0.3, -0.25) is 9.59 Å². The molecule has 214 valence electrons. The lowest BCUT2D eigenvalue weighted by Crippen LogP contribution is -2.42. The normalized spacial score (nSPS) is 24.1. The number of carbonyl (C=O) groups excluding carboxylic acids is 3. The molecule has 9 nitrogen and oxygen atoms in total. The maximum absolute atomic E-state index is 14.0. The Bertz CT molecular complexity index is 1340. The third-order valence-electron chi connectivity index (χ3n) is 6.89. The number of thioether (sulfide) groups is 2. The van der Waals surface area contributed by atoms with Gasteiger partial charge in [0, 0.05) is 28.6 Å². The highest BCUT2D eigenvalue weighted by atomic mass is 32.2. The number of anilines is 1. The van der Waals surface area contributed by atoms with Gasteiger partial charge in [-0.15, -0.1) is 11.8 Å². The Hall–Kier alpha value is -3.26. The van der Waals surface area contributed by atoms with Crippen LogP contribution in [0.2, 0.25) is 0 Å². The average molecular weight is 598 g/mol. The molecule has 1 aliphatic carbocycles. The molecule has 2 fully saturated rings. The second kappa shape index (κ2) is 11.3. The van der Waals surface area contributed by atoms with E-state index in [1.54, 1.807) is 24.3 Å². The molecule has 3 atom stereocenters. The summed E-state index contributed by atoms with van der Waals surface area (Å²) in [4.78, 5) is 49.6. The molecule has 2 aromatic rings. The number of ether oxygens (including phenoxy) is 2. The van der Waals surface area contributed by atoms with Gasteiger partial charge in [0.2, 0.25) is 11.8 Å². The maximum Gasteiger partial charge on any atom is 0.422 e. The van der Waals surface area contributed by atoms with E-state index in [0.717, 1.165) is 11.1 Å². The van der Waals surface area contributed by atoms with Crippen LogP contribution >= 0.6 is 23.5 Å². The van der Waals surface area contributed by atoms with Crippen molar-refractivity contribution in [3.63, 3.8) is 0 Å². The van der Waals surface area contributed by atoms with Crippen LogP contribution < -0.4 is 9.64 Å². The summed E-state index contributed by atoms with van der Waals surface area (Å²) in [5.41, 5.74) is 0.634. The van der Waals surface area contributed by atoms with Crippen molar-refractivity contribution in [2.75, 3.05) is 37.7 Å². The number of aromatic nitrogens is 1. The van der Waals surface area contributed by atoms with Crippen LogP contribution in [0.5, 0.6) is 5.88 Å². The zero-order chi connectivity index (χ0) is 29.3. The monoisotopic (exact) mass is 597 g/mol. The molecule has 2 aliphatic rings. The third kappa shape index (κ3) is 5.14. The number of nitrogens with zero attached hydrogens (tertiary/aromatic N) is 3. The van der Waals surface area contributed by atoms with Gasteiger partial charge in [0.25, 0.3) is 5.91 Å². The Labute approximate surface area is 236 Å². The number of rotatable bonds is 11. The molecule has 3 unspecified atom stereocenters. The van der Waals surface area contributed by atoms with Gasteiger partial charge in [0.1, 0.15) is 11.9 Å². The largest absolute Gasteiger partial charge is 0.468 e. The molecule has 0 radical (unpaired) electrons. The summed E-state index contributed by atoms with van der Waals surface area (Å²) in [6, 6.07) is 9.52. The van der Waals surface area contributed by atoms with Crippen molar-refractivity contribution in [2.45, 2.75) is 23.6 Å². The van der Waals surface area contributed by atoms with Gasteiger partial charge in [-0.1, -0.05) is 36.3 Å². The molecule has 1 saturated carbocycles.